The molecule has 8 heteroatoms. The van der Waals surface area contributed by atoms with E-state index in [1.54, 1.807) is 31.2 Å². The Kier molecular flexibility index (Phi) is 4.75. The van der Waals surface area contributed by atoms with Crippen molar-refractivity contribution in [2.75, 3.05) is 0 Å². The third kappa shape index (κ3) is 3.44. The zero-order valence-electron chi connectivity index (χ0n) is 15.9. The number of nitrogens with zero attached hydrogens (tertiary/aromatic N) is 3. The normalized spacial score (nSPS) is 18.5. The van der Waals surface area contributed by atoms with Crippen LogP contribution in [0.3, 0.4) is 0 Å². The van der Waals surface area contributed by atoms with E-state index in [9.17, 15) is 14.0 Å². The number of H-pyrrole nitrogens is 1. The molecule has 1 heterocycles. The van der Waals surface area contributed by atoms with Gasteiger partial charge in [0.2, 0.25) is 0 Å². The molecule has 4 rings (SSSR count). The quantitative estimate of drug-likeness (QED) is 0.420. The van der Waals surface area contributed by atoms with Crippen LogP contribution in [0.2, 0.25) is 0 Å². The van der Waals surface area contributed by atoms with E-state index in [2.05, 4.69) is 10.3 Å². The minimum atomic E-state index is -0.473. The molecule has 1 aliphatic rings. The number of hydrogen-bond acceptors (Lipinski definition) is 4. The summed E-state index contributed by atoms with van der Waals surface area (Å²) in [5.41, 5.74) is 2.14. The van der Waals surface area contributed by atoms with Gasteiger partial charge in [-0.15, -0.1) is 0 Å². The SMILES string of the molecule is C/C(=N\O[C@H]1C=C[C@@H](n2[nH]c(=O)n(C)c2=O)c2ccccc21)c1ccc(F)cc1. The first-order valence-electron chi connectivity index (χ1n) is 9.07. The number of nitrogens with one attached hydrogen (secondary N) is 1. The van der Waals surface area contributed by atoms with Crippen molar-refractivity contribution in [1.82, 2.24) is 14.3 Å². The van der Waals surface area contributed by atoms with Crippen LogP contribution in [-0.4, -0.2) is 20.1 Å². The first-order chi connectivity index (χ1) is 14.0. The fourth-order valence-corrected chi connectivity index (χ4v) is 3.31. The third-order valence-electron chi connectivity index (χ3n) is 4.95. The molecule has 7 nitrogen and oxygen atoms in total. The topological polar surface area (TPSA) is 81.4 Å². The number of hydrogen-bond donors (Lipinski definition) is 1. The highest BCUT2D eigenvalue weighted by Crippen LogP contribution is 2.34. The van der Waals surface area contributed by atoms with E-state index in [1.165, 1.54) is 23.9 Å². The van der Waals surface area contributed by atoms with Gasteiger partial charge in [-0.2, -0.15) is 0 Å². The molecule has 0 saturated carbocycles. The van der Waals surface area contributed by atoms with E-state index in [0.29, 0.717) is 5.71 Å². The summed E-state index contributed by atoms with van der Waals surface area (Å²) in [6.45, 7) is 1.78. The van der Waals surface area contributed by atoms with E-state index >= 15 is 0 Å². The highest BCUT2D eigenvalue weighted by atomic mass is 19.1. The molecule has 0 saturated heterocycles. The zero-order valence-corrected chi connectivity index (χ0v) is 15.9. The molecule has 0 radical (unpaired) electrons. The van der Waals surface area contributed by atoms with Crippen LogP contribution in [0.15, 0.2) is 75.4 Å². The summed E-state index contributed by atoms with van der Waals surface area (Å²) in [5.74, 6) is -0.313. The lowest BCUT2D eigenvalue weighted by molar-refractivity contribution is 0.0899. The van der Waals surface area contributed by atoms with Crippen molar-refractivity contribution in [1.29, 1.82) is 0 Å². The average molecular weight is 394 g/mol. The van der Waals surface area contributed by atoms with Crippen molar-refractivity contribution < 1.29 is 9.23 Å². The number of aromatic amines is 1. The van der Waals surface area contributed by atoms with Crippen molar-refractivity contribution in [3.8, 4) is 0 Å². The number of halogens is 1. The lowest BCUT2D eigenvalue weighted by atomic mass is 9.91. The van der Waals surface area contributed by atoms with Crippen LogP contribution in [-0.2, 0) is 11.9 Å². The van der Waals surface area contributed by atoms with E-state index in [1.807, 2.05) is 24.3 Å². The fraction of sp³-hybridized carbons (Fsp3) is 0.190. The Bertz CT molecular complexity index is 1220. The van der Waals surface area contributed by atoms with Gasteiger partial charge in [-0.25, -0.2) is 28.3 Å². The van der Waals surface area contributed by atoms with Crippen LogP contribution in [0, 0.1) is 5.82 Å². The summed E-state index contributed by atoms with van der Waals surface area (Å²) in [5, 5.41) is 6.77. The largest absolute Gasteiger partial charge is 0.383 e. The Balaban J connectivity index is 1.65. The molecule has 2 aromatic carbocycles. The Hall–Kier alpha value is -3.68. The molecule has 0 fully saturated rings. The third-order valence-corrected chi connectivity index (χ3v) is 4.95. The molecule has 0 spiro atoms. The first kappa shape index (κ1) is 18.7. The predicted octanol–water partition coefficient (Wildman–Crippen LogP) is 2.66. The molecule has 0 aliphatic heterocycles. The summed E-state index contributed by atoms with van der Waals surface area (Å²) in [6, 6.07) is 13.1. The van der Waals surface area contributed by atoms with Crippen molar-refractivity contribution in [2.24, 2.45) is 12.2 Å². The van der Waals surface area contributed by atoms with E-state index in [4.69, 9.17) is 4.84 Å². The molecule has 1 aliphatic carbocycles. The monoisotopic (exact) mass is 394 g/mol. The molecule has 29 heavy (non-hydrogen) atoms. The lowest BCUT2D eigenvalue weighted by Gasteiger charge is -2.25. The van der Waals surface area contributed by atoms with E-state index in [0.717, 1.165) is 21.3 Å². The van der Waals surface area contributed by atoms with Gasteiger partial charge in [0, 0.05) is 12.6 Å². The highest BCUT2D eigenvalue weighted by Gasteiger charge is 2.27. The molecular formula is C21H19FN4O3. The number of rotatable bonds is 4. The van der Waals surface area contributed by atoms with Crippen LogP contribution >= 0.6 is 0 Å². The van der Waals surface area contributed by atoms with Gasteiger partial charge in [0.05, 0.1) is 11.8 Å². The van der Waals surface area contributed by atoms with Gasteiger partial charge in [0.15, 0.2) is 6.10 Å². The van der Waals surface area contributed by atoms with Crippen molar-refractivity contribution in [3.63, 3.8) is 0 Å². The van der Waals surface area contributed by atoms with Crippen molar-refractivity contribution in [3.05, 3.63) is 104 Å². The van der Waals surface area contributed by atoms with E-state index < -0.39 is 23.5 Å². The second kappa shape index (κ2) is 7.38. The van der Waals surface area contributed by atoms with Crippen LogP contribution in [0.5, 0.6) is 0 Å². The molecule has 0 bridgehead atoms. The Labute approximate surface area is 165 Å². The summed E-state index contributed by atoms with van der Waals surface area (Å²) in [7, 11) is 1.43. The fourth-order valence-electron chi connectivity index (χ4n) is 3.31. The highest BCUT2D eigenvalue weighted by molar-refractivity contribution is 5.98. The van der Waals surface area contributed by atoms with Gasteiger partial charge in [-0.05, 0) is 36.3 Å². The predicted molar refractivity (Wildman–Crippen MR) is 106 cm³/mol. The Morgan fingerprint density at radius 3 is 2.41 bits per heavy atom. The standard InChI is InChI=1S/C21H19FN4O3/c1-13(14-7-9-15(22)10-8-14)24-29-19-12-11-18(16-5-3-4-6-17(16)19)26-21(28)25(2)20(27)23-26/h3-12,18-19H,1-2H3,(H,23,27)/b24-13+/t18-,19+/m1/s1. The summed E-state index contributed by atoms with van der Waals surface area (Å²) in [4.78, 5) is 29.9. The average Bonchev–Trinajstić information content (AvgIpc) is 2.99. The van der Waals surface area contributed by atoms with Crippen LogP contribution in [0.25, 0.3) is 0 Å². The Morgan fingerprint density at radius 1 is 1.07 bits per heavy atom. The first-order valence-corrected chi connectivity index (χ1v) is 9.07. The summed E-state index contributed by atoms with van der Waals surface area (Å²) >= 11 is 0. The van der Waals surface area contributed by atoms with Crippen LogP contribution in [0.4, 0.5) is 4.39 Å². The van der Waals surface area contributed by atoms with Crippen molar-refractivity contribution >= 4 is 5.71 Å². The van der Waals surface area contributed by atoms with Gasteiger partial charge in [0.25, 0.3) is 0 Å². The molecular weight excluding hydrogens is 375 g/mol. The molecule has 3 aromatic rings. The minimum Gasteiger partial charge on any atom is -0.383 e. The molecule has 0 amide bonds. The Morgan fingerprint density at radius 2 is 1.76 bits per heavy atom. The number of allylic oxidation sites excluding steroid dienone is 1. The number of aromatic nitrogens is 3. The van der Waals surface area contributed by atoms with Gasteiger partial charge < -0.3 is 4.84 Å². The molecule has 0 unspecified atom stereocenters. The molecule has 2 atom stereocenters. The molecule has 1 N–H and O–H groups in total. The van der Waals surface area contributed by atoms with Crippen LogP contribution < -0.4 is 11.4 Å². The van der Waals surface area contributed by atoms with Crippen LogP contribution in [0.1, 0.15) is 35.8 Å². The number of benzene rings is 2. The smallest absolute Gasteiger partial charge is 0.347 e. The van der Waals surface area contributed by atoms with Crippen molar-refractivity contribution in [2.45, 2.75) is 19.1 Å². The zero-order chi connectivity index (χ0) is 20.5. The molecule has 148 valence electrons. The number of fused-ring (bicyclic) bond motifs is 1. The van der Waals surface area contributed by atoms with Gasteiger partial charge >= 0.3 is 11.4 Å². The van der Waals surface area contributed by atoms with Gasteiger partial charge in [-0.3, -0.25) is 0 Å². The second-order valence-electron chi connectivity index (χ2n) is 6.80. The molecule has 1 aromatic heterocycles. The lowest BCUT2D eigenvalue weighted by Crippen LogP contribution is -2.29. The summed E-state index contributed by atoms with van der Waals surface area (Å²) in [6.07, 6.45) is 3.14. The second-order valence-corrected chi connectivity index (χ2v) is 6.80. The van der Waals surface area contributed by atoms with E-state index in [-0.39, 0.29) is 5.82 Å². The van der Waals surface area contributed by atoms with Gasteiger partial charge in [0.1, 0.15) is 5.82 Å². The minimum absolute atomic E-state index is 0.313. The summed E-state index contributed by atoms with van der Waals surface area (Å²) < 4.78 is 15.4. The maximum atomic E-state index is 13.1. The number of oxime groups is 1. The maximum Gasteiger partial charge on any atom is 0.347 e. The maximum absolute atomic E-state index is 13.1. The van der Waals surface area contributed by atoms with Gasteiger partial charge in [-0.1, -0.05) is 47.6 Å².